The summed E-state index contributed by atoms with van der Waals surface area (Å²) in [7, 11) is -3.75. The van der Waals surface area contributed by atoms with Crippen LogP contribution in [-0.4, -0.2) is 20.4 Å². The first-order valence-electron chi connectivity index (χ1n) is 10.0. The zero-order chi connectivity index (χ0) is 22.4. The molecule has 0 bridgehead atoms. The van der Waals surface area contributed by atoms with Crippen molar-refractivity contribution in [3.8, 4) is 5.75 Å². The first-order chi connectivity index (χ1) is 14.8. The van der Waals surface area contributed by atoms with Crippen molar-refractivity contribution >= 4 is 27.3 Å². The SMILES string of the molecule is CC[C@H](Oc1ccccc1)C(=O)Nc1ccc(S(=O)(=O)Nc2c(C)cccc2C)cc1. The lowest BCUT2D eigenvalue weighted by Crippen LogP contribution is -2.32. The van der Waals surface area contributed by atoms with Crippen LogP contribution in [0.3, 0.4) is 0 Å². The fraction of sp³-hybridized carbons (Fsp3) is 0.208. The average molecular weight is 439 g/mol. The highest BCUT2D eigenvalue weighted by Gasteiger charge is 2.20. The Kier molecular flexibility index (Phi) is 6.97. The quantitative estimate of drug-likeness (QED) is 0.524. The normalized spacial score (nSPS) is 12.1. The molecule has 7 heteroatoms. The highest BCUT2D eigenvalue weighted by atomic mass is 32.2. The van der Waals surface area contributed by atoms with Crippen LogP contribution in [0.2, 0.25) is 0 Å². The van der Waals surface area contributed by atoms with Crippen molar-refractivity contribution in [2.45, 2.75) is 38.2 Å². The van der Waals surface area contributed by atoms with Crippen molar-refractivity contribution in [2.24, 2.45) is 0 Å². The van der Waals surface area contributed by atoms with E-state index < -0.39 is 16.1 Å². The van der Waals surface area contributed by atoms with E-state index in [2.05, 4.69) is 10.0 Å². The van der Waals surface area contributed by atoms with Crippen molar-refractivity contribution in [1.29, 1.82) is 0 Å². The third kappa shape index (κ3) is 5.64. The lowest BCUT2D eigenvalue weighted by Gasteiger charge is -2.17. The molecule has 162 valence electrons. The minimum atomic E-state index is -3.75. The molecule has 0 aliphatic carbocycles. The van der Waals surface area contributed by atoms with Crippen LogP contribution in [0.25, 0.3) is 0 Å². The second-order valence-electron chi connectivity index (χ2n) is 7.21. The predicted molar refractivity (Wildman–Crippen MR) is 123 cm³/mol. The molecule has 0 saturated heterocycles. The van der Waals surface area contributed by atoms with E-state index in [1.807, 2.05) is 57.2 Å². The highest BCUT2D eigenvalue weighted by Crippen LogP contribution is 2.24. The second kappa shape index (κ2) is 9.66. The van der Waals surface area contributed by atoms with Gasteiger partial charge in [-0.15, -0.1) is 0 Å². The molecule has 0 aliphatic rings. The molecular weight excluding hydrogens is 412 g/mol. The zero-order valence-electron chi connectivity index (χ0n) is 17.8. The third-order valence-corrected chi connectivity index (χ3v) is 6.20. The Balaban J connectivity index is 1.69. The van der Waals surface area contributed by atoms with Gasteiger partial charge >= 0.3 is 0 Å². The number of amides is 1. The molecule has 3 aromatic rings. The Bertz CT molecular complexity index is 1120. The van der Waals surface area contributed by atoms with E-state index in [1.165, 1.54) is 12.1 Å². The van der Waals surface area contributed by atoms with Crippen molar-refractivity contribution in [3.05, 3.63) is 83.9 Å². The molecule has 2 N–H and O–H groups in total. The van der Waals surface area contributed by atoms with Crippen LogP contribution in [0.15, 0.2) is 77.7 Å². The molecule has 1 amide bonds. The Morgan fingerprint density at radius 2 is 1.52 bits per heavy atom. The number of hydrogen-bond acceptors (Lipinski definition) is 4. The largest absolute Gasteiger partial charge is 0.481 e. The van der Waals surface area contributed by atoms with Crippen LogP contribution in [0.1, 0.15) is 24.5 Å². The monoisotopic (exact) mass is 438 g/mol. The summed E-state index contributed by atoms with van der Waals surface area (Å²) >= 11 is 0. The van der Waals surface area contributed by atoms with Gasteiger partial charge in [-0.05, 0) is 67.8 Å². The van der Waals surface area contributed by atoms with E-state index in [0.29, 0.717) is 23.5 Å². The van der Waals surface area contributed by atoms with Gasteiger partial charge in [-0.1, -0.05) is 43.3 Å². The Morgan fingerprint density at radius 3 is 2.10 bits per heavy atom. The van der Waals surface area contributed by atoms with E-state index in [4.69, 9.17) is 4.74 Å². The minimum Gasteiger partial charge on any atom is -0.481 e. The van der Waals surface area contributed by atoms with E-state index in [9.17, 15) is 13.2 Å². The molecule has 0 fully saturated rings. The average Bonchev–Trinajstić information content (AvgIpc) is 2.76. The molecule has 3 aromatic carbocycles. The maximum atomic E-state index is 12.8. The van der Waals surface area contributed by atoms with Crippen LogP contribution in [0.4, 0.5) is 11.4 Å². The van der Waals surface area contributed by atoms with Gasteiger partial charge in [-0.3, -0.25) is 9.52 Å². The maximum absolute atomic E-state index is 12.8. The zero-order valence-corrected chi connectivity index (χ0v) is 18.6. The van der Waals surface area contributed by atoms with Crippen LogP contribution in [0.5, 0.6) is 5.75 Å². The number of ether oxygens (including phenoxy) is 1. The van der Waals surface area contributed by atoms with Gasteiger partial charge in [0.2, 0.25) is 0 Å². The Hall–Kier alpha value is -3.32. The van der Waals surface area contributed by atoms with E-state index >= 15 is 0 Å². The highest BCUT2D eigenvalue weighted by molar-refractivity contribution is 7.92. The molecule has 0 aliphatic heterocycles. The van der Waals surface area contributed by atoms with Crippen molar-refractivity contribution in [3.63, 3.8) is 0 Å². The van der Waals surface area contributed by atoms with E-state index in [0.717, 1.165) is 11.1 Å². The Morgan fingerprint density at radius 1 is 0.903 bits per heavy atom. The molecular formula is C24H26N2O4S. The van der Waals surface area contributed by atoms with Gasteiger partial charge < -0.3 is 10.1 Å². The second-order valence-corrected chi connectivity index (χ2v) is 8.90. The maximum Gasteiger partial charge on any atom is 0.265 e. The number of carbonyl (C=O) groups excluding carboxylic acids is 1. The first-order valence-corrected chi connectivity index (χ1v) is 11.5. The predicted octanol–water partition coefficient (Wildman–Crippen LogP) is 4.90. The van der Waals surface area contributed by atoms with Crippen LogP contribution < -0.4 is 14.8 Å². The van der Waals surface area contributed by atoms with Crippen molar-refractivity contribution < 1.29 is 17.9 Å². The number of hydrogen-bond donors (Lipinski definition) is 2. The summed E-state index contributed by atoms with van der Waals surface area (Å²) in [6.45, 7) is 5.57. The Labute approximate surface area is 183 Å². The van der Waals surface area contributed by atoms with Gasteiger partial charge in [-0.2, -0.15) is 0 Å². The van der Waals surface area contributed by atoms with Gasteiger partial charge in [0.1, 0.15) is 5.75 Å². The number of sulfonamides is 1. The molecule has 0 heterocycles. The summed E-state index contributed by atoms with van der Waals surface area (Å²) < 4.78 is 34.0. The topological polar surface area (TPSA) is 84.5 Å². The molecule has 0 radical (unpaired) electrons. The standard InChI is InChI=1S/C24H26N2O4S/c1-4-22(30-20-11-6-5-7-12-20)24(27)25-19-13-15-21(16-14-19)31(28,29)26-23-17(2)9-8-10-18(23)3/h5-16,22,26H,4H2,1-3H3,(H,25,27)/t22-/m0/s1. The summed E-state index contributed by atoms with van der Waals surface area (Å²) in [6.07, 6.45) is -0.163. The van der Waals surface area contributed by atoms with Gasteiger partial charge in [0.15, 0.2) is 6.10 Å². The van der Waals surface area contributed by atoms with Gasteiger partial charge in [-0.25, -0.2) is 8.42 Å². The lowest BCUT2D eigenvalue weighted by molar-refractivity contribution is -0.122. The van der Waals surface area contributed by atoms with Crippen molar-refractivity contribution in [2.75, 3.05) is 10.0 Å². The fourth-order valence-electron chi connectivity index (χ4n) is 3.09. The molecule has 0 unspecified atom stereocenters. The molecule has 31 heavy (non-hydrogen) atoms. The summed E-state index contributed by atoms with van der Waals surface area (Å²) in [5.74, 6) is 0.319. The molecule has 6 nitrogen and oxygen atoms in total. The summed E-state index contributed by atoms with van der Waals surface area (Å²) in [4.78, 5) is 12.7. The molecule has 0 spiro atoms. The summed E-state index contributed by atoms with van der Waals surface area (Å²) in [6, 6.07) is 20.8. The number of nitrogens with one attached hydrogen (secondary N) is 2. The number of anilines is 2. The van der Waals surface area contributed by atoms with Crippen molar-refractivity contribution in [1.82, 2.24) is 0 Å². The van der Waals surface area contributed by atoms with E-state index in [-0.39, 0.29) is 10.8 Å². The number of benzene rings is 3. The molecule has 0 aromatic heterocycles. The first kappa shape index (κ1) is 22.4. The van der Waals surface area contributed by atoms with Gasteiger partial charge in [0.25, 0.3) is 15.9 Å². The third-order valence-electron chi connectivity index (χ3n) is 4.83. The minimum absolute atomic E-state index is 0.112. The lowest BCUT2D eigenvalue weighted by atomic mass is 10.1. The van der Waals surface area contributed by atoms with E-state index in [1.54, 1.807) is 24.3 Å². The summed E-state index contributed by atoms with van der Waals surface area (Å²) in [5, 5.41) is 2.78. The number of para-hydroxylation sites is 2. The summed E-state index contributed by atoms with van der Waals surface area (Å²) in [5.41, 5.74) is 2.75. The molecule has 0 saturated carbocycles. The number of rotatable bonds is 8. The molecule has 3 rings (SSSR count). The number of aryl methyl sites for hydroxylation is 2. The number of carbonyl (C=O) groups is 1. The van der Waals surface area contributed by atoms with Crippen LogP contribution in [-0.2, 0) is 14.8 Å². The van der Waals surface area contributed by atoms with Crippen LogP contribution >= 0.6 is 0 Å². The smallest absolute Gasteiger partial charge is 0.265 e. The fourth-order valence-corrected chi connectivity index (χ4v) is 4.30. The van der Waals surface area contributed by atoms with Crippen LogP contribution in [0, 0.1) is 13.8 Å². The molecule has 1 atom stereocenters. The van der Waals surface area contributed by atoms with Gasteiger partial charge in [0.05, 0.1) is 10.6 Å². The van der Waals surface area contributed by atoms with Gasteiger partial charge in [0, 0.05) is 5.69 Å².